The SMILES string of the molecule is CCc1cc(CO)cc(N2C[C@@H](C)O[C@@H](C)C2)n1. The van der Waals surface area contributed by atoms with Crippen LogP contribution in [-0.2, 0) is 17.8 Å². The molecule has 1 aliphatic rings. The van der Waals surface area contributed by atoms with Crippen molar-refractivity contribution in [2.75, 3.05) is 18.0 Å². The predicted molar refractivity (Wildman–Crippen MR) is 71.8 cm³/mol. The third-order valence-electron chi connectivity index (χ3n) is 3.21. The molecular formula is C14H22N2O2. The molecule has 4 nitrogen and oxygen atoms in total. The zero-order chi connectivity index (χ0) is 13.1. The quantitative estimate of drug-likeness (QED) is 0.887. The van der Waals surface area contributed by atoms with E-state index in [9.17, 15) is 5.11 Å². The minimum Gasteiger partial charge on any atom is -0.392 e. The van der Waals surface area contributed by atoms with Gasteiger partial charge in [0.05, 0.1) is 18.8 Å². The molecule has 100 valence electrons. The molecule has 0 aromatic carbocycles. The molecule has 1 aromatic heterocycles. The molecule has 0 saturated carbocycles. The zero-order valence-electron chi connectivity index (χ0n) is 11.4. The molecule has 1 fully saturated rings. The number of anilines is 1. The topological polar surface area (TPSA) is 45.6 Å². The molecular weight excluding hydrogens is 228 g/mol. The first-order chi connectivity index (χ1) is 8.62. The lowest BCUT2D eigenvalue weighted by Gasteiger charge is -2.36. The Balaban J connectivity index is 2.25. The summed E-state index contributed by atoms with van der Waals surface area (Å²) in [4.78, 5) is 6.90. The first-order valence-corrected chi connectivity index (χ1v) is 6.63. The first-order valence-electron chi connectivity index (χ1n) is 6.63. The second-order valence-electron chi connectivity index (χ2n) is 5.00. The van der Waals surface area contributed by atoms with Crippen molar-refractivity contribution in [3.63, 3.8) is 0 Å². The molecule has 2 heterocycles. The highest BCUT2D eigenvalue weighted by Crippen LogP contribution is 2.20. The zero-order valence-corrected chi connectivity index (χ0v) is 11.4. The summed E-state index contributed by atoms with van der Waals surface area (Å²) in [6.45, 7) is 8.03. The number of ether oxygens (including phenoxy) is 1. The van der Waals surface area contributed by atoms with Crippen molar-refractivity contribution in [3.8, 4) is 0 Å². The number of aromatic nitrogens is 1. The Morgan fingerprint density at radius 1 is 1.33 bits per heavy atom. The Morgan fingerprint density at radius 2 is 2.00 bits per heavy atom. The first kappa shape index (κ1) is 13.3. The normalized spacial score (nSPS) is 24.3. The van der Waals surface area contributed by atoms with Gasteiger partial charge in [0.2, 0.25) is 0 Å². The Morgan fingerprint density at radius 3 is 2.56 bits per heavy atom. The standard InChI is InChI=1S/C14H22N2O2/c1-4-13-5-12(9-17)6-14(15-13)16-7-10(2)18-11(3)8-16/h5-6,10-11,17H,4,7-9H2,1-3H3/t10-,11+. The molecule has 0 radical (unpaired) electrons. The largest absolute Gasteiger partial charge is 0.392 e. The van der Waals surface area contributed by atoms with E-state index in [0.29, 0.717) is 0 Å². The van der Waals surface area contributed by atoms with Crippen LogP contribution in [0.1, 0.15) is 32.0 Å². The van der Waals surface area contributed by atoms with Gasteiger partial charge in [0, 0.05) is 18.8 Å². The van der Waals surface area contributed by atoms with Crippen LogP contribution in [0.2, 0.25) is 0 Å². The average Bonchev–Trinajstić information content (AvgIpc) is 2.37. The summed E-state index contributed by atoms with van der Waals surface area (Å²) in [5, 5.41) is 9.31. The van der Waals surface area contributed by atoms with Crippen LogP contribution in [0.5, 0.6) is 0 Å². The van der Waals surface area contributed by atoms with E-state index >= 15 is 0 Å². The number of aryl methyl sites for hydroxylation is 1. The smallest absolute Gasteiger partial charge is 0.129 e. The molecule has 0 unspecified atom stereocenters. The van der Waals surface area contributed by atoms with E-state index in [2.05, 4.69) is 30.7 Å². The van der Waals surface area contributed by atoms with E-state index in [1.54, 1.807) is 0 Å². The molecule has 0 amide bonds. The minimum absolute atomic E-state index is 0.0674. The van der Waals surface area contributed by atoms with Crippen LogP contribution in [0.3, 0.4) is 0 Å². The van der Waals surface area contributed by atoms with Crippen molar-refractivity contribution < 1.29 is 9.84 Å². The Bertz CT molecular complexity index is 377. The number of pyridine rings is 1. The van der Waals surface area contributed by atoms with Crippen LogP contribution in [0.25, 0.3) is 0 Å². The number of aliphatic hydroxyl groups is 1. The summed E-state index contributed by atoms with van der Waals surface area (Å²) < 4.78 is 5.73. The third-order valence-corrected chi connectivity index (χ3v) is 3.21. The number of hydrogen-bond acceptors (Lipinski definition) is 4. The van der Waals surface area contributed by atoms with Gasteiger partial charge >= 0.3 is 0 Å². The number of hydrogen-bond donors (Lipinski definition) is 1. The predicted octanol–water partition coefficient (Wildman–Crippen LogP) is 1.75. The van der Waals surface area contributed by atoms with Gasteiger partial charge in [-0.15, -0.1) is 0 Å². The number of aliphatic hydroxyl groups excluding tert-OH is 1. The second kappa shape index (κ2) is 5.67. The lowest BCUT2D eigenvalue weighted by molar-refractivity contribution is -0.00547. The summed E-state index contributed by atoms with van der Waals surface area (Å²) in [5.74, 6) is 0.959. The number of rotatable bonds is 3. The molecule has 0 bridgehead atoms. The highest BCUT2D eigenvalue weighted by atomic mass is 16.5. The lowest BCUT2D eigenvalue weighted by Crippen LogP contribution is -2.46. The van der Waals surface area contributed by atoms with E-state index in [1.807, 2.05) is 12.1 Å². The van der Waals surface area contributed by atoms with E-state index in [1.165, 1.54) is 0 Å². The summed E-state index contributed by atoms with van der Waals surface area (Å²) in [5.41, 5.74) is 1.96. The summed E-state index contributed by atoms with van der Waals surface area (Å²) >= 11 is 0. The van der Waals surface area contributed by atoms with Crippen molar-refractivity contribution in [2.45, 2.75) is 46.0 Å². The van der Waals surface area contributed by atoms with Crippen molar-refractivity contribution in [3.05, 3.63) is 23.4 Å². The van der Waals surface area contributed by atoms with Crippen molar-refractivity contribution in [1.82, 2.24) is 4.98 Å². The maximum atomic E-state index is 9.31. The highest BCUT2D eigenvalue weighted by Gasteiger charge is 2.23. The summed E-state index contributed by atoms with van der Waals surface area (Å²) in [7, 11) is 0. The molecule has 1 aromatic rings. The maximum absolute atomic E-state index is 9.31. The molecule has 1 saturated heterocycles. The van der Waals surface area contributed by atoms with Gasteiger partial charge in [-0.25, -0.2) is 4.98 Å². The molecule has 4 heteroatoms. The number of morpholine rings is 1. The van der Waals surface area contributed by atoms with Crippen LogP contribution in [0, 0.1) is 0 Å². The fraction of sp³-hybridized carbons (Fsp3) is 0.643. The van der Waals surface area contributed by atoms with Crippen molar-refractivity contribution >= 4 is 5.82 Å². The fourth-order valence-electron chi connectivity index (χ4n) is 2.43. The molecule has 18 heavy (non-hydrogen) atoms. The van der Waals surface area contributed by atoms with Gasteiger partial charge in [0.25, 0.3) is 0 Å². The summed E-state index contributed by atoms with van der Waals surface area (Å²) in [6, 6.07) is 3.95. The summed E-state index contributed by atoms with van der Waals surface area (Å²) in [6.07, 6.45) is 1.33. The van der Waals surface area contributed by atoms with Crippen LogP contribution < -0.4 is 4.90 Å². The van der Waals surface area contributed by atoms with Gasteiger partial charge in [-0.2, -0.15) is 0 Å². The monoisotopic (exact) mass is 250 g/mol. The Kier molecular flexibility index (Phi) is 4.19. The van der Waals surface area contributed by atoms with Gasteiger partial charge in [0.15, 0.2) is 0 Å². The van der Waals surface area contributed by atoms with Gasteiger partial charge in [-0.3, -0.25) is 0 Å². The molecule has 2 atom stereocenters. The van der Waals surface area contributed by atoms with Crippen LogP contribution in [-0.4, -0.2) is 35.4 Å². The molecule has 1 N–H and O–H groups in total. The average molecular weight is 250 g/mol. The molecule has 1 aliphatic heterocycles. The van der Waals surface area contributed by atoms with Gasteiger partial charge in [0.1, 0.15) is 5.82 Å². The molecule has 2 rings (SSSR count). The Hall–Kier alpha value is -1.13. The van der Waals surface area contributed by atoms with Crippen LogP contribution in [0.4, 0.5) is 5.82 Å². The van der Waals surface area contributed by atoms with E-state index in [0.717, 1.165) is 36.6 Å². The Labute approximate surface area is 109 Å². The van der Waals surface area contributed by atoms with Crippen LogP contribution in [0.15, 0.2) is 12.1 Å². The van der Waals surface area contributed by atoms with E-state index in [-0.39, 0.29) is 18.8 Å². The fourth-order valence-corrected chi connectivity index (χ4v) is 2.43. The van der Waals surface area contributed by atoms with Gasteiger partial charge in [-0.05, 0) is 38.0 Å². The molecule has 0 aliphatic carbocycles. The van der Waals surface area contributed by atoms with E-state index in [4.69, 9.17) is 4.74 Å². The van der Waals surface area contributed by atoms with Crippen molar-refractivity contribution in [2.24, 2.45) is 0 Å². The van der Waals surface area contributed by atoms with E-state index < -0.39 is 0 Å². The third kappa shape index (κ3) is 3.00. The van der Waals surface area contributed by atoms with Gasteiger partial charge in [-0.1, -0.05) is 6.92 Å². The maximum Gasteiger partial charge on any atom is 0.129 e. The molecule has 0 spiro atoms. The second-order valence-corrected chi connectivity index (χ2v) is 5.00. The van der Waals surface area contributed by atoms with Gasteiger partial charge < -0.3 is 14.7 Å². The number of nitrogens with zero attached hydrogens (tertiary/aromatic N) is 2. The highest BCUT2D eigenvalue weighted by molar-refractivity contribution is 5.43. The minimum atomic E-state index is 0.0674. The van der Waals surface area contributed by atoms with Crippen LogP contribution >= 0.6 is 0 Å². The van der Waals surface area contributed by atoms with Crippen molar-refractivity contribution in [1.29, 1.82) is 0 Å². The lowest BCUT2D eigenvalue weighted by atomic mass is 10.1.